The fourth-order valence-electron chi connectivity index (χ4n) is 2.94. The first-order chi connectivity index (χ1) is 11.1. The molecule has 0 spiro atoms. The second-order valence-electron chi connectivity index (χ2n) is 5.80. The Kier molecular flexibility index (Phi) is 6.18. The largest absolute Gasteiger partial charge is 0.496 e. The summed E-state index contributed by atoms with van der Waals surface area (Å²) in [5, 5.41) is 11.4. The van der Waals surface area contributed by atoms with E-state index in [4.69, 9.17) is 9.47 Å². The number of likely N-dealkylation sites (N-methyl/N-ethyl adjacent to an activating group) is 1. The second-order valence-corrected chi connectivity index (χ2v) is 5.80. The van der Waals surface area contributed by atoms with E-state index >= 15 is 0 Å². The first-order valence-electron chi connectivity index (χ1n) is 7.86. The summed E-state index contributed by atoms with van der Waals surface area (Å²) in [5.41, 5.74) is 0.635. The van der Waals surface area contributed by atoms with Gasteiger partial charge in [-0.15, -0.1) is 0 Å². The van der Waals surface area contributed by atoms with Gasteiger partial charge in [-0.2, -0.15) is 0 Å². The molecule has 0 saturated carbocycles. The maximum absolute atomic E-state index is 11.4. The van der Waals surface area contributed by atoms with Crippen LogP contribution in [0.2, 0.25) is 0 Å². The van der Waals surface area contributed by atoms with Crippen molar-refractivity contribution in [2.45, 2.75) is 12.8 Å². The number of methoxy groups -OCH3 is 2. The molecule has 1 aromatic rings. The molecule has 7 heteroatoms. The van der Waals surface area contributed by atoms with E-state index in [9.17, 15) is 10.1 Å². The molecule has 0 bridgehead atoms. The number of rotatable bonds is 7. The number of nitro groups is 1. The van der Waals surface area contributed by atoms with Crippen LogP contribution in [0, 0.1) is 10.1 Å². The smallest absolute Gasteiger partial charge is 0.317 e. The lowest BCUT2D eigenvalue weighted by atomic mass is 10.0. The summed E-state index contributed by atoms with van der Waals surface area (Å²) in [6, 6.07) is 3.32. The lowest BCUT2D eigenvalue weighted by Gasteiger charge is -2.32. The zero-order valence-corrected chi connectivity index (χ0v) is 14.1. The maximum Gasteiger partial charge on any atom is 0.317 e. The Balaban J connectivity index is 2.07. The summed E-state index contributed by atoms with van der Waals surface area (Å²) in [7, 11) is 5.11. The number of nitro benzene ring substituents is 1. The summed E-state index contributed by atoms with van der Waals surface area (Å²) in [6.45, 7) is 5.18. The molecule has 0 N–H and O–H groups in total. The van der Waals surface area contributed by atoms with Crippen LogP contribution in [-0.2, 0) is 6.42 Å². The molecule has 1 saturated heterocycles. The second kappa shape index (κ2) is 8.12. The van der Waals surface area contributed by atoms with Gasteiger partial charge in [0.1, 0.15) is 5.75 Å². The predicted molar refractivity (Wildman–Crippen MR) is 88.5 cm³/mol. The molecule has 2 rings (SSSR count). The SMILES string of the molecule is COc1ccc(OC)c([N+](=O)[O-])c1CCCN1CCN(C)CC1. The van der Waals surface area contributed by atoms with Crippen molar-refractivity contribution in [3.63, 3.8) is 0 Å². The van der Waals surface area contributed by atoms with Crippen LogP contribution in [0.4, 0.5) is 5.69 Å². The minimum atomic E-state index is -0.382. The van der Waals surface area contributed by atoms with Crippen molar-refractivity contribution >= 4 is 5.69 Å². The zero-order valence-electron chi connectivity index (χ0n) is 14.1. The lowest BCUT2D eigenvalue weighted by molar-refractivity contribution is -0.386. The van der Waals surface area contributed by atoms with Gasteiger partial charge in [0.15, 0.2) is 5.75 Å². The first kappa shape index (κ1) is 17.5. The number of piperazine rings is 1. The first-order valence-corrected chi connectivity index (χ1v) is 7.86. The minimum Gasteiger partial charge on any atom is -0.496 e. The van der Waals surface area contributed by atoms with E-state index in [1.165, 1.54) is 14.2 Å². The fourth-order valence-corrected chi connectivity index (χ4v) is 2.94. The Morgan fingerprint density at radius 1 is 1.13 bits per heavy atom. The van der Waals surface area contributed by atoms with Gasteiger partial charge in [-0.1, -0.05) is 0 Å². The van der Waals surface area contributed by atoms with Crippen LogP contribution in [0.15, 0.2) is 12.1 Å². The third kappa shape index (κ3) is 4.33. The highest BCUT2D eigenvalue weighted by molar-refractivity contribution is 5.59. The number of hydrogen-bond donors (Lipinski definition) is 0. The maximum atomic E-state index is 11.4. The standard InChI is InChI=1S/C16H25N3O4/c1-17-9-11-18(12-10-17)8-4-5-13-14(22-2)6-7-15(23-3)16(13)19(20)21/h6-7H,4-5,8-12H2,1-3H3. The normalized spacial score (nSPS) is 16.3. The van der Waals surface area contributed by atoms with Gasteiger partial charge in [-0.25, -0.2) is 0 Å². The molecule has 7 nitrogen and oxygen atoms in total. The van der Waals surface area contributed by atoms with E-state index in [1.54, 1.807) is 12.1 Å². The van der Waals surface area contributed by atoms with Crippen molar-refractivity contribution in [3.05, 3.63) is 27.8 Å². The third-order valence-corrected chi connectivity index (χ3v) is 4.32. The van der Waals surface area contributed by atoms with Gasteiger partial charge in [0, 0.05) is 26.2 Å². The average molecular weight is 323 g/mol. The van der Waals surface area contributed by atoms with E-state index < -0.39 is 0 Å². The van der Waals surface area contributed by atoms with Gasteiger partial charge < -0.3 is 19.3 Å². The van der Waals surface area contributed by atoms with Crippen LogP contribution >= 0.6 is 0 Å². The Labute approximate surface area is 136 Å². The van der Waals surface area contributed by atoms with Crippen molar-refractivity contribution in [2.24, 2.45) is 0 Å². The van der Waals surface area contributed by atoms with Gasteiger partial charge in [0.25, 0.3) is 0 Å². The van der Waals surface area contributed by atoms with E-state index in [1.807, 2.05) is 0 Å². The Hall–Kier alpha value is -1.86. The van der Waals surface area contributed by atoms with E-state index in [0.29, 0.717) is 17.7 Å². The summed E-state index contributed by atoms with van der Waals surface area (Å²) in [6.07, 6.45) is 1.46. The van der Waals surface area contributed by atoms with E-state index in [-0.39, 0.29) is 16.4 Å². The fraction of sp³-hybridized carbons (Fsp3) is 0.625. The Bertz CT molecular complexity index is 542. The Morgan fingerprint density at radius 2 is 1.74 bits per heavy atom. The molecule has 23 heavy (non-hydrogen) atoms. The summed E-state index contributed by atoms with van der Waals surface area (Å²) in [4.78, 5) is 15.8. The van der Waals surface area contributed by atoms with Crippen molar-refractivity contribution in [3.8, 4) is 11.5 Å². The number of nitrogens with zero attached hydrogens (tertiary/aromatic N) is 3. The molecular weight excluding hydrogens is 298 g/mol. The Morgan fingerprint density at radius 3 is 2.30 bits per heavy atom. The molecule has 0 aromatic heterocycles. The predicted octanol–water partition coefficient (Wildman–Crippen LogP) is 1.79. The highest BCUT2D eigenvalue weighted by atomic mass is 16.6. The lowest BCUT2D eigenvalue weighted by Crippen LogP contribution is -2.44. The van der Waals surface area contributed by atoms with Crippen LogP contribution in [0.25, 0.3) is 0 Å². The zero-order chi connectivity index (χ0) is 16.8. The van der Waals surface area contributed by atoms with Crippen molar-refractivity contribution in [1.82, 2.24) is 9.80 Å². The van der Waals surface area contributed by atoms with Crippen LogP contribution in [0.3, 0.4) is 0 Å². The number of benzene rings is 1. The van der Waals surface area contributed by atoms with Gasteiger partial charge >= 0.3 is 5.69 Å². The molecule has 0 unspecified atom stereocenters. The van der Waals surface area contributed by atoms with Gasteiger partial charge in [0.2, 0.25) is 0 Å². The van der Waals surface area contributed by atoms with E-state index in [0.717, 1.165) is 39.1 Å². The van der Waals surface area contributed by atoms with E-state index in [2.05, 4.69) is 16.8 Å². The van der Waals surface area contributed by atoms with Crippen molar-refractivity contribution < 1.29 is 14.4 Å². The summed E-state index contributed by atoms with van der Waals surface area (Å²) in [5.74, 6) is 0.835. The molecule has 1 aliphatic rings. The number of hydrogen-bond acceptors (Lipinski definition) is 6. The minimum absolute atomic E-state index is 0.0187. The molecule has 0 radical (unpaired) electrons. The molecular formula is C16H25N3O4. The molecule has 0 amide bonds. The highest BCUT2D eigenvalue weighted by Gasteiger charge is 2.24. The monoisotopic (exact) mass is 323 g/mol. The molecule has 1 fully saturated rings. The molecule has 1 aliphatic heterocycles. The summed E-state index contributed by atoms with van der Waals surface area (Å²) < 4.78 is 10.5. The highest BCUT2D eigenvalue weighted by Crippen LogP contribution is 2.37. The van der Waals surface area contributed by atoms with Gasteiger partial charge in [-0.3, -0.25) is 10.1 Å². The molecule has 1 heterocycles. The van der Waals surface area contributed by atoms with Crippen LogP contribution < -0.4 is 9.47 Å². The van der Waals surface area contributed by atoms with Crippen LogP contribution in [0.5, 0.6) is 11.5 Å². The van der Waals surface area contributed by atoms with Crippen molar-refractivity contribution in [1.29, 1.82) is 0 Å². The molecule has 0 atom stereocenters. The molecule has 128 valence electrons. The summed E-state index contributed by atoms with van der Waals surface area (Å²) >= 11 is 0. The number of ether oxygens (including phenoxy) is 2. The van der Waals surface area contributed by atoms with Crippen LogP contribution in [-0.4, -0.2) is 68.7 Å². The third-order valence-electron chi connectivity index (χ3n) is 4.32. The average Bonchev–Trinajstić information content (AvgIpc) is 2.55. The quantitative estimate of drug-likeness (QED) is 0.563. The topological polar surface area (TPSA) is 68.1 Å². The molecule has 1 aromatic carbocycles. The van der Waals surface area contributed by atoms with Gasteiger partial charge in [0.05, 0.1) is 24.7 Å². The van der Waals surface area contributed by atoms with Crippen molar-refractivity contribution in [2.75, 3.05) is 54.0 Å². The van der Waals surface area contributed by atoms with Crippen LogP contribution in [0.1, 0.15) is 12.0 Å². The van der Waals surface area contributed by atoms with Gasteiger partial charge in [-0.05, 0) is 38.6 Å². The molecule has 0 aliphatic carbocycles.